The first-order chi connectivity index (χ1) is 8.64. The topological polar surface area (TPSA) is 72.5 Å². The van der Waals surface area contributed by atoms with Gasteiger partial charge >= 0.3 is 22.4 Å². The third kappa shape index (κ3) is 4.62. The van der Waals surface area contributed by atoms with Crippen molar-refractivity contribution in [1.82, 2.24) is 4.72 Å². The fourth-order valence-corrected chi connectivity index (χ4v) is 1.73. The molecule has 0 saturated carbocycles. The predicted octanol–water partition coefficient (Wildman–Crippen LogP) is 1.63. The molecular formula is C10H8F3NO4S. The van der Waals surface area contributed by atoms with Gasteiger partial charge in [0.05, 0.1) is 0 Å². The average Bonchev–Trinajstić information content (AvgIpc) is 2.27. The first-order valence-corrected chi connectivity index (χ1v) is 6.11. The van der Waals surface area contributed by atoms with E-state index in [0.717, 1.165) is 4.72 Å². The van der Waals surface area contributed by atoms with Gasteiger partial charge in [0.25, 0.3) is 0 Å². The van der Waals surface area contributed by atoms with E-state index in [1.807, 2.05) is 0 Å². The van der Waals surface area contributed by atoms with Gasteiger partial charge in [0.15, 0.2) is 0 Å². The summed E-state index contributed by atoms with van der Waals surface area (Å²) in [6.45, 7) is 3.46. The average molecular weight is 295 g/mol. The van der Waals surface area contributed by atoms with Gasteiger partial charge in [0, 0.05) is 0 Å². The summed E-state index contributed by atoms with van der Waals surface area (Å²) >= 11 is 0. The second kappa shape index (κ2) is 5.31. The Bertz CT molecular complexity index is 578. The monoisotopic (exact) mass is 295 g/mol. The Kier molecular flexibility index (Phi) is 4.20. The lowest BCUT2D eigenvalue weighted by Gasteiger charge is -2.09. The molecular weight excluding hydrogens is 287 g/mol. The molecule has 1 amide bonds. The lowest BCUT2D eigenvalue weighted by molar-refractivity contribution is -0.171. The van der Waals surface area contributed by atoms with E-state index in [1.165, 1.54) is 30.3 Å². The van der Waals surface area contributed by atoms with Crippen LogP contribution in [0.25, 0.3) is 6.08 Å². The molecule has 1 aromatic carbocycles. The van der Waals surface area contributed by atoms with Crippen LogP contribution in [0, 0.1) is 0 Å². The Labute approximate surface area is 106 Å². The van der Waals surface area contributed by atoms with Crippen LogP contribution in [-0.2, 0) is 15.1 Å². The summed E-state index contributed by atoms with van der Waals surface area (Å²) in [5.41, 5.74) is 0.657. The summed E-state index contributed by atoms with van der Waals surface area (Å²) in [4.78, 5) is 10.5. The van der Waals surface area contributed by atoms with E-state index in [9.17, 15) is 26.4 Å². The van der Waals surface area contributed by atoms with Crippen LogP contribution in [-0.4, -0.2) is 20.5 Å². The van der Waals surface area contributed by atoms with Crippen LogP contribution in [0.5, 0.6) is 5.75 Å². The zero-order valence-electron chi connectivity index (χ0n) is 9.27. The Morgan fingerprint density at radius 2 is 1.79 bits per heavy atom. The van der Waals surface area contributed by atoms with Crippen molar-refractivity contribution < 1.29 is 30.6 Å². The van der Waals surface area contributed by atoms with Gasteiger partial charge in [-0.3, -0.25) is 4.79 Å². The second-order valence-electron chi connectivity index (χ2n) is 3.24. The summed E-state index contributed by atoms with van der Waals surface area (Å²) in [6.07, 6.45) is -3.84. The number of carbonyl (C=O) groups is 1. The molecule has 1 N–H and O–H groups in total. The highest BCUT2D eigenvalue weighted by atomic mass is 32.2. The van der Waals surface area contributed by atoms with Gasteiger partial charge in [0.1, 0.15) is 5.75 Å². The van der Waals surface area contributed by atoms with Gasteiger partial charge in [-0.05, 0) is 17.7 Å². The van der Waals surface area contributed by atoms with Crippen LogP contribution in [0.2, 0.25) is 0 Å². The van der Waals surface area contributed by atoms with E-state index in [2.05, 4.69) is 10.8 Å². The van der Waals surface area contributed by atoms with Crippen LogP contribution in [0.15, 0.2) is 30.8 Å². The van der Waals surface area contributed by atoms with E-state index in [0.29, 0.717) is 5.56 Å². The summed E-state index contributed by atoms with van der Waals surface area (Å²) < 4.78 is 62.9. The summed E-state index contributed by atoms with van der Waals surface area (Å²) in [7, 11) is -4.88. The molecule has 0 atom stereocenters. The highest BCUT2D eigenvalue weighted by Crippen LogP contribution is 2.17. The molecule has 19 heavy (non-hydrogen) atoms. The third-order valence-corrected chi connectivity index (χ3v) is 2.64. The molecule has 0 unspecified atom stereocenters. The Morgan fingerprint density at radius 1 is 1.26 bits per heavy atom. The number of nitrogens with one attached hydrogen (secondary N) is 1. The number of rotatable bonds is 4. The maximum atomic E-state index is 11.9. The Hall–Kier alpha value is -2.03. The first-order valence-electron chi connectivity index (χ1n) is 4.70. The van der Waals surface area contributed by atoms with E-state index in [4.69, 9.17) is 0 Å². The molecule has 1 rings (SSSR count). The number of benzene rings is 1. The highest BCUT2D eigenvalue weighted by Gasteiger charge is 2.41. The lowest BCUT2D eigenvalue weighted by atomic mass is 10.2. The molecule has 104 valence electrons. The standard InChI is InChI=1S/C10H8F3NO4S/c1-2-7-3-5-8(6-4-7)18-19(16,17)14-9(15)10(11,12)13/h2-6H,1H2,(H,14,15). The minimum atomic E-state index is -5.32. The zero-order chi connectivity index (χ0) is 14.7. The van der Waals surface area contributed by atoms with E-state index in [-0.39, 0.29) is 5.75 Å². The molecule has 0 aliphatic rings. The number of alkyl halides is 3. The van der Waals surface area contributed by atoms with Gasteiger partial charge < -0.3 is 4.18 Å². The second-order valence-corrected chi connectivity index (χ2v) is 4.52. The van der Waals surface area contributed by atoms with Gasteiger partial charge in [-0.1, -0.05) is 24.8 Å². The van der Waals surface area contributed by atoms with Crippen molar-refractivity contribution in [2.45, 2.75) is 6.18 Å². The van der Waals surface area contributed by atoms with Crippen molar-refractivity contribution in [3.63, 3.8) is 0 Å². The van der Waals surface area contributed by atoms with E-state index >= 15 is 0 Å². The molecule has 0 aliphatic carbocycles. The summed E-state index contributed by atoms with van der Waals surface area (Å²) in [6, 6.07) is 5.27. The van der Waals surface area contributed by atoms with Gasteiger partial charge in [-0.2, -0.15) is 21.6 Å². The lowest BCUT2D eigenvalue weighted by Crippen LogP contribution is -2.42. The van der Waals surface area contributed by atoms with E-state index < -0.39 is 22.4 Å². The quantitative estimate of drug-likeness (QED) is 0.916. The normalized spacial score (nSPS) is 11.7. The number of halogens is 3. The molecule has 5 nitrogen and oxygen atoms in total. The maximum absolute atomic E-state index is 11.9. The van der Waals surface area contributed by atoms with Crippen molar-refractivity contribution in [3.8, 4) is 5.75 Å². The molecule has 0 spiro atoms. The highest BCUT2D eigenvalue weighted by molar-refractivity contribution is 7.85. The molecule has 0 bridgehead atoms. The number of amides is 1. The van der Waals surface area contributed by atoms with Gasteiger partial charge in [0.2, 0.25) is 0 Å². The minimum absolute atomic E-state index is 0.243. The third-order valence-electron chi connectivity index (χ3n) is 1.80. The smallest absolute Gasteiger partial charge is 0.367 e. The molecule has 0 saturated heterocycles. The largest absolute Gasteiger partial charge is 0.472 e. The molecule has 0 aliphatic heterocycles. The van der Waals surface area contributed by atoms with Crippen molar-refractivity contribution in [2.75, 3.05) is 0 Å². The van der Waals surface area contributed by atoms with Gasteiger partial charge in [-0.15, -0.1) is 0 Å². The van der Waals surface area contributed by atoms with Crippen molar-refractivity contribution in [3.05, 3.63) is 36.4 Å². The summed E-state index contributed by atoms with van der Waals surface area (Å²) in [5.74, 6) is -2.87. The first kappa shape index (κ1) is 15.0. The van der Waals surface area contributed by atoms with Crippen molar-refractivity contribution in [2.24, 2.45) is 0 Å². The molecule has 0 aromatic heterocycles. The van der Waals surface area contributed by atoms with E-state index in [1.54, 1.807) is 0 Å². The molecule has 0 fully saturated rings. The SMILES string of the molecule is C=Cc1ccc(OS(=O)(=O)NC(=O)C(F)(F)F)cc1. The van der Waals surface area contributed by atoms with Crippen molar-refractivity contribution >= 4 is 22.3 Å². The zero-order valence-corrected chi connectivity index (χ0v) is 10.1. The number of carbonyl (C=O) groups excluding carboxylic acids is 1. The number of hydrogen-bond donors (Lipinski definition) is 1. The molecule has 0 radical (unpaired) electrons. The fourth-order valence-electron chi connectivity index (χ4n) is 0.978. The predicted molar refractivity (Wildman–Crippen MR) is 60.3 cm³/mol. The molecule has 0 heterocycles. The Morgan fingerprint density at radius 3 is 2.21 bits per heavy atom. The molecule has 9 heteroatoms. The number of hydrogen-bond acceptors (Lipinski definition) is 4. The Balaban J connectivity index is 2.79. The van der Waals surface area contributed by atoms with Crippen LogP contribution < -0.4 is 8.91 Å². The van der Waals surface area contributed by atoms with Crippen LogP contribution in [0.4, 0.5) is 13.2 Å². The van der Waals surface area contributed by atoms with Crippen LogP contribution in [0.1, 0.15) is 5.56 Å². The summed E-state index contributed by atoms with van der Waals surface area (Å²) in [5, 5.41) is 0. The minimum Gasteiger partial charge on any atom is -0.367 e. The maximum Gasteiger partial charge on any atom is 0.472 e. The fraction of sp³-hybridized carbons (Fsp3) is 0.100. The van der Waals surface area contributed by atoms with Crippen LogP contribution in [0.3, 0.4) is 0 Å². The van der Waals surface area contributed by atoms with Crippen molar-refractivity contribution in [1.29, 1.82) is 0 Å². The van der Waals surface area contributed by atoms with Crippen LogP contribution >= 0.6 is 0 Å². The van der Waals surface area contributed by atoms with Gasteiger partial charge in [-0.25, -0.2) is 4.72 Å². The molecule has 1 aromatic rings.